The monoisotopic (exact) mass is 575 g/mol. The predicted molar refractivity (Wildman–Crippen MR) is 149 cm³/mol. The molecule has 5 rings (SSSR count). The van der Waals surface area contributed by atoms with Gasteiger partial charge in [-0.3, -0.25) is 14.5 Å². The van der Waals surface area contributed by atoms with Gasteiger partial charge in [-0.05, 0) is 47.8 Å². The molecule has 1 saturated heterocycles. The molecule has 1 aromatic heterocycles. The molecule has 2 heterocycles. The molecule has 3 aromatic carbocycles. The summed E-state index contributed by atoms with van der Waals surface area (Å²) < 4.78 is 0. The molecule has 6 heteroatoms. The van der Waals surface area contributed by atoms with Crippen molar-refractivity contribution in [1.82, 2.24) is 0 Å². The molecular weight excluding hydrogens is 549 g/mol. The van der Waals surface area contributed by atoms with Gasteiger partial charge in [0, 0.05) is 19.4 Å². The van der Waals surface area contributed by atoms with E-state index in [4.69, 9.17) is 0 Å². The van der Waals surface area contributed by atoms with Crippen LogP contribution in [0.5, 0.6) is 0 Å². The Kier molecular flexibility index (Phi) is 8.35. The minimum Gasteiger partial charge on any atom is -1.00 e. The normalized spacial score (nSPS) is 15.4. The Balaban J connectivity index is 0.00000304. The van der Waals surface area contributed by atoms with Gasteiger partial charge >= 0.3 is 0 Å². The number of ketones is 1. The molecule has 0 spiro atoms. The number of anilines is 1. The Labute approximate surface area is 227 Å². The minimum absolute atomic E-state index is 0. The number of hydrogen-bond acceptors (Lipinski definition) is 3. The molecule has 1 amide bonds. The fourth-order valence-electron chi connectivity index (χ4n) is 5.17. The van der Waals surface area contributed by atoms with Crippen molar-refractivity contribution in [2.45, 2.75) is 18.5 Å². The first-order valence-electron chi connectivity index (χ1n) is 11.8. The van der Waals surface area contributed by atoms with Gasteiger partial charge in [-0.15, -0.1) is 17.9 Å². The summed E-state index contributed by atoms with van der Waals surface area (Å²) in [7, 11) is -2.34. The number of hydrogen-bond donors (Lipinski definition) is 0. The standard InChI is InChI=1S/C30H27NO2PS.BrH/c1-2-12-27(32)26-20-22-35-30(26)31-21-19-28(29(31)33)34(23-13-6-3-7-14-23,24-15-8-4-9-16-24)25-17-10-5-11-18-25;/h2-11,13-18,20,22,28H,1,12,19,21H2;1H/q+1;/p-1. The molecule has 3 nitrogen and oxygen atoms in total. The van der Waals surface area contributed by atoms with Crippen LogP contribution in [0.1, 0.15) is 23.2 Å². The highest BCUT2D eigenvalue weighted by molar-refractivity contribution is 7.97. The van der Waals surface area contributed by atoms with Crippen molar-refractivity contribution in [2.75, 3.05) is 11.4 Å². The maximum absolute atomic E-state index is 14.3. The zero-order valence-electron chi connectivity index (χ0n) is 19.8. The SMILES string of the molecule is C=CCC(=O)c1ccsc1N1CCC([P+](c2ccccc2)(c2ccccc2)c2ccccc2)C1=O.[Br-]. The van der Waals surface area contributed by atoms with Gasteiger partial charge in [-0.1, -0.05) is 60.7 Å². The maximum atomic E-state index is 14.3. The van der Waals surface area contributed by atoms with E-state index in [1.165, 1.54) is 27.3 Å². The molecule has 0 bridgehead atoms. The van der Waals surface area contributed by atoms with E-state index in [9.17, 15) is 9.59 Å². The van der Waals surface area contributed by atoms with Crippen molar-refractivity contribution in [1.29, 1.82) is 0 Å². The van der Waals surface area contributed by atoms with Gasteiger partial charge in [0.15, 0.2) is 11.4 Å². The lowest BCUT2D eigenvalue weighted by molar-refractivity contribution is -0.116. The zero-order valence-corrected chi connectivity index (χ0v) is 23.1. The Hall–Kier alpha value is -2.85. The molecule has 4 aromatic rings. The van der Waals surface area contributed by atoms with Crippen LogP contribution < -0.4 is 37.8 Å². The zero-order chi connectivity index (χ0) is 24.3. The highest BCUT2D eigenvalue weighted by Gasteiger charge is 2.59. The molecule has 0 radical (unpaired) electrons. The molecule has 1 unspecified atom stereocenters. The summed E-state index contributed by atoms with van der Waals surface area (Å²) in [6.45, 7) is 4.31. The number of nitrogens with zero attached hydrogens (tertiary/aromatic N) is 1. The number of halogens is 1. The first-order chi connectivity index (χ1) is 17.2. The summed E-state index contributed by atoms with van der Waals surface area (Å²) in [5.74, 6) is 0.104. The molecule has 0 saturated carbocycles. The van der Waals surface area contributed by atoms with Gasteiger partial charge in [0.2, 0.25) is 0 Å². The predicted octanol–water partition coefficient (Wildman–Crippen LogP) is 2.61. The summed E-state index contributed by atoms with van der Waals surface area (Å²) in [6.07, 6.45) is 2.62. The number of carbonyl (C=O) groups is 2. The number of amides is 1. The van der Waals surface area contributed by atoms with E-state index in [-0.39, 0.29) is 40.8 Å². The summed E-state index contributed by atoms with van der Waals surface area (Å²) in [6, 6.07) is 33.4. The molecule has 182 valence electrons. The number of thiophene rings is 1. The van der Waals surface area contributed by atoms with E-state index < -0.39 is 7.26 Å². The van der Waals surface area contributed by atoms with Gasteiger partial charge in [0.1, 0.15) is 28.2 Å². The topological polar surface area (TPSA) is 37.4 Å². The average molecular weight is 576 g/mol. The highest BCUT2D eigenvalue weighted by atomic mass is 79.9. The Morgan fingerprint density at radius 1 is 0.889 bits per heavy atom. The van der Waals surface area contributed by atoms with Crippen LogP contribution in [0.2, 0.25) is 0 Å². The molecular formula is C30H27BrNO2PS. The second kappa shape index (κ2) is 11.5. The van der Waals surface area contributed by atoms with E-state index in [2.05, 4.69) is 79.4 Å². The third-order valence-electron chi connectivity index (χ3n) is 6.66. The molecule has 1 aliphatic rings. The number of allylic oxidation sites excluding steroid dienone is 1. The number of Topliss-reactive ketones (excluding diaryl/α,β-unsaturated/α-hetero) is 1. The van der Waals surface area contributed by atoms with E-state index >= 15 is 0 Å². The van der Waals surface area contributed by atoms with Gasteiger partial charge in [0.05, 0.1) is 5.56 Å². The van der Waals surface area contributed by atoms with Crippen LogP contribution in [0.15, 0.2) is 115 Å². The van der Waals surface area contributed by atoms with Crippen LogP contribution in [0.25, 0.3) is 0 Å². The van der Waals surface area contributed by atoms with Crippen molar-refractivity contribution in [2.24, 2.45) is 0 Å². The van der Waals surface area contributed by atoms with Crippen molar-refractivity contribution >= 4 is 51.2 Å². The lowest BCUT2D eigenvalue weighted by Gasteiger charge is -2.31. The largest absolute Gasteiger partial charge is 1.00 e. The van der Waals surface area contributed by atoms with Crippen molar-refractivity contribution in [3.8, 4) is 0 Å². The number of benzene rings is 3. The fraction of sp³-hybridized carbons (Fsp3) is 0.133. The van der Waals surface area contributed by atoms with Crippen LogP contribution in [0.4, 0.5) is 5.00 Å². The number of rotatable bonds is 8. The van der Waals surface area contributed by atoms with Crippen molar-refractivity contribution in [3.63, 3.8) is 0 Å². The Bertz CT molecular complexity index is 1240. The van der Waals surface area contributed by atoms with E-state index in [1.54, 1.807) is 6.08 Å². The molecule has 1 fully saturated rings. The minimum atomic E-state index is -2.34. The third-order valence-corrected chi connectivity index (χ3v) is 12.3. The molecule has 1 atom stereocenters. The average Bonchev–Trinajstić information content (AvgIpc) is 3.54. The second-order valence-corrected chi connectivity index (χ2v) is 13.1. The number of carbonyl (C=O) groups excluding carboxylic acids is 2. The fourth-order valence-corrected chi connectivity index (χ4v) is 11.0. The molecule has 36 heavy (non-hydrogen) atoms. The lowest BCUT2D eigenvalue weighted by Crippen LogP contribution is -3.00. The van der Waals surface area contributed by atoms with E-state index in [0.717, 1.165) is 11.4 Å². The van der Waals surface area contributed by atoms with Crippen molar-refractivity contribution in [3.05, 3.63) is 121 Å². The van der Waals surface area contributed by atoms with Crippen LogP contribution in [-0.2, 0) is 4.79 Å². The summed E-state index contributed by atoms with van der Waals surface area (Å²) in [5, 5.41) is 6.27. The summed E-state index contributed by atoms with van der Waals surface area (Å²) in [4.78, 5) is 28.9. The van der Waals surface area contributed by atoms with Gasteiger partial charge in [-0.2, -0.15) is 0 Å². The molecule has 0 N–H and O–H groups in total. The molecule has 0 aliphatic carbocycles. The van der Waals surface area contributed by atoms with Gasteiger partial charge < -0.3 is 17.0 Å². The second-order valence-electron chi connectivity index (χ2n) is 8.58. The van der Waals surface area contributed by atoms with Crippen LogP contribution in [-0.4, -0.2) is 23.9 Å². The smallest absolute Gasteiger partial charge is 0.269 e. The van der Waals surface area contributed by atoms with Gasteiger partial charge in [0.25, 0.3) is 5.91 Å². The Morgan fingerprint density at radius 2 is 1.39 bits per heavy atom. The quantitative estimate of drug-likeness (QED) is 0.184. The summed E-state index contributed by atoms with van der Waals surface area (Å²) >= 11 is 1.47. The van der Waals surface area contributed by atoms with Gasteiger partial charge in [-0.25, -0.2) is 0 Å². The highest BCUT2D eigenvalue weighted by Crippen LogP contribution is 2.62. The lowest BCUT2D eigenvalue weighted by atomic mass is 10.1. The first kappa shape index (κ1) is 26.2. The van der Waals surface area contributed by atoms with E-state index in [1.807, 2.05) is 34.5 Å². The molecule has 1 aliphatic heterocycles. The van der Waals surface area contributed by atoms with Crippen LogP contribution in [0, 0.1) is 0 Å². The summed E-state index contributed by atoms with van der Waals surface area (Å²) in [5.41, 5.74) is 0.408. The van der Waals surface area contributed by atoms with E-state index in [0.29, 0.717) is 12.1 Å². The third kappa shape index (κ3) is 4.52. The Morgan fingerprint density at radius 3 is 1.86 bits per heavy atom. The van der Waals surface area contributed by atoms with Crippen LogP contribution >= 0.6 is 18.6 Å². The van der Waals surface area contributed by atoms with Crippen LogP contribution in [0.3, 0.4) is 0 Å². The maximum Gasteiger partial charge on any atom is 0.269 e. The van der Waals surface area contributed by atoms with Crippen molar-refractivity contribution < 1.29 is 26.6 Å². The first-order valence-corrected chi connectivity index (χ1v) is 14.5.